The molecule has 0 radical (unpaired) electrons. The van der Waals surface area contributed by atoms with Crippen LogP contribution in [-0.4, -0.2) is 22.9 Å². The molecule has 0 aliphatic rings. The van der Waals surface area contributed by atoms with Crippen LogP contribution in [-0.2, 0) is 0 Å². The van der Waals surface area contributed by atoms with E-state index in [0.717, 1.165) is 12.1 Å². The van der Waals surface area contributed by atoms with Gasteiger partial charge >= 0.3 is 11.4 Å². The number of hydrazine groups is 1. The molecule has 0 aliphatic heterocycles. The van der Waals surface area contributed by atoms with Crippen molar-refractivity contribution in [1.82, 2.24) is 5.43 Å². The van der Waals surface area contributed by atoms with Crippen molar-refractivity contribution in [3.63, 3.8) is 0 Å². The number of amides is 1. The molecule has 0 atom stereocenters. The highest BCUT2D eigenvalue weighted by molar-refractivity contribution is 5.97. The third kappa shape index (κ3) is 3.61. The van der Waals surface area contributed by atoms with E-state index in [1.807, 2.05) is 0 Å². The van der Waals surface area contributed by atoms with Gasteiger partial charge in [0.2, 0.25) is 0 Å². The Hall–Kier alpha value is -3.73. The number of carbonyl (C=O) groups is 1. The molecule has 0 spiro atoms. The van der Waals surface area contributed by atoms with E-state index in [1.165, 1.54) is 13.2 Å². The second-order valence-corrected chi connectivity index (χ2v) is 4.70. The lowest BCUT2D eigenvalue weighted by Crippen LogP contribution is -2.30. The third-order valence-electron chi connectivity index (χ3n) is 3.25. The van der Waals surface area contributed by atoms with E-state index in [2.05, 4.69) is 5.32 Å². The number of nitrogens with two attached hydrogens (primary N) is 1. The molecule has 0 unspecified atom stereocenters. The molecule has 0 saturated heterocycles. The molecule has 25 heavy (non-hydrogen) atoms. The Morgan fingerprint density at radius 3 is 2.16 bits per heavy atom. The summed E-state index contributed by atoms with van der Waals surface area (Å²) in [6.07, 6.45) is 0. The van der Waals surface area contributed by atoms with Crippen LogP contribution in [0.25, 0.3) is 0 Å². The van der Waals surface area contributed by atoms with Crippen LogP contribution < -0.4 is 21.3 Å². The van der Waals surface area contributed by atoms with E-state index in [1.54, 1.807) is 23.6 Å². The second kappa shape index (κ2) is 7.23. The Morgan fingerprint density at radius 2 is 1.68 bits per heavy atom. The summed E-state index contributed by atoms with van der Waals surface area (Å²) < 4.78 is 5.11. The average molecular weight is 347 g/mol. The first kappa shape index (κ1) is 17.6. The van der Waals surface area contributed by atoms with Gasteiger partial charge in [0.25, 0.3) is 5.91 Å². The number of nitrogens with zero attached hydrogens (tertiary/aromatic N) is 2. The number of ether oxygens (including phenoxy) is 1. The molecule has 2 aromatic rings. The number of anilines is 2. The predicted molar refractivity (Wildman–Crippen MR) is 87.7 cm³/mol. The molecule has 2 rings (SSSR count). The van der Waals surface area contributed by atoms with E-state index in [9.17, 15) is 25.0 Å². The highest BCUT2D eigenvalue weighted by Gasteiger charge is 2.29. The SMILES string of the molecule is COc1ccccc1Nc1c([N+](=O)[O-])cc(C(=O)NN)cc1[N+](=O)[O-]. The van der Waals surface area contributed by atoms with Crippen molar-refractivity contribution in [1.29, 1.82) is 0 Å². The molecule has 0 aromatic heterocycles. The maximum atomic E-state index is 11.6. The Labute approximate surface area is 140 Å². The normalized spacial score (nSPS) is 10.0. The van der Waals surface area contributed by atoms with Crippen molar-refractivity contribution in [3.8, 4) is 5.75 Å². The van der Waals surface area contributed by atoms with Crippen molar-refractivity contribution in [2.45, 2.75) is 0 Å². The lowest BCUT2D eigenvalue weighted by atomic mass is 10.1. The number of nitro groups is 2. The van der Waals surface area contributed by atoms with Crippen molar-refractivity contribution in [2.75, 3.05) is 12.4 Å². The van der Waals surface area contributed by atoms with Gasteiger partial charge in [-0.2, -0.15) is 0 Å². The molecule has 0 bridgehead atoms. The minimum absolute atomic E-state index is 0.284. The first-order chi connectivity index (χ1) is 11.9. The van der Waals surface area contributed by atoms with Crippen molar-refractivity contribution in [2.24, 2.45) is 5.84 Å². The van der Waals surface area contributed by atoms with Crippen molar-refractivity contribution >= 4 is 28.7 Å². The van der Waals surface area contributed by atoms with Crippen LogP contribution in [0.5, 0.6) is 5.75 Å². The van der Waals surface area contributed by atoms with Crippen LogP contribution >= 0.6 is 0 Å². The van der Waals surface area contributed by atoms with Crippen LogP contribution in [0.2, 0.25) is 0 Å². The molecule has 0 saturated carbocycles. The standard InChI is InChI=1S/C14H13N5O6/c1-25-12-5-3-2-4-9(12)16-13-10(18(21)22)6-8(14(20)17-15)7-11(13)19(23)24/h2-7,16H,15H2,1H3,(H,17,20). The summed E-state index contributed by atoms with van der Waals surface area (Å²) in [5.41, 5.74) is 0.0581. The molecular weight excluding hydrogens is 334 g/mol. The summed E-state index contributed by atoms with van der Waals surface area (Å²) in [7, 11) is 1.39. The Morgan fingerprint density at radius 1 is 1.12 bits per heavy atom. The van der Waals surface area contributed by atoms with Gasteiger partial charge in [-0.15, -0.1) is 0 Å². The van der Waals surface area contributed by atoms with Crippen LogP contribution in [0.3, 0.4) is 0 Å². The molecule has 11 heteroatoms. The highest BCUT2D eigenvalue weighted by atomic mass is 16.6. The summed E-state index contributed by atoms with van der Waals surface area (Å²) in [5.74, 6) is 4.42. The van der Waals surface area contributed by atoms with E-state index in [4.69, 9.17) is 10.6 Å². The minimum Gasteiger partial charge on any atom is -0.495 e. The minimum atomic E-state index is -0.893. The fraction of sp³-hybridized carbons (Fsp3) is 0.0714. The molecule has 0 fully saturated rings. The molecule has 4 N–H and O–H groups in total. The monoisotopic (exact) mass is 347 g/mol. The number of benzene rings is 2. The van der Waals surface area contributed by atoms with Crippen LogP contribution in [0.4, 0.5) is 22.7 Å². The number of carbonyl (C=O) groups excluding carboxylic acids is 1. The summed E-state index contributed by atoms with van der Waals surface area (Å²) in [4.78, 5) is 32.6. The van der Waals surface area contributed by atoms with Gasteiger partial charge in [-0.05, 0) is 12.1 Å². The molecule has 130 valence electrons. The molecule has 1 amide bonds. The number of rotatable bonds is 6. The highest BCUT2D eigenvalue weighted by Crippen LogP contribution is 2.39. The van der Waals surface area contributed by atoms with Gasteiger partial charge in [0, 0.05) is 12.1 Å². The van der Waals surface area contributed by atoms with Crippen LogP contribution in [0.15, 0.2) is 36.4 Å². The Bertz CT molecular complexity index is 818. The van der Waals surface area contributed by atoms with Gasteiger partial charge in [0.1, 0.15) is 5.75 Å². The Balaban J connectivity index is 2.68. The molecule has 0 heterocycles. The zero-order valence-electron chi connectivity index (χ0n) is 12.9. The van der Waals surface area contributed by atoms with Gasteiger partial charge in [0.05, 0.1) is 28.2 Å². The molecular formula is C14H13N5O6. The van der Waals surface area contributed by atoms with Gasteiger partial charge in [-0.1, -0.05) is 12.1 Å². The average Bonchev–Trinajstić information content (AvgIpc) is 2.61. The summed E-state index contributed by atoms with van der Waals surface area (Å²) in [6.45, 7) is 0. The first-order valence-electron chi connectivity index (χ1n) is 6.76. The fourth-order valence-electron chi connectivity index (χ4n) is 2.12. The van der Waals surface area contributed by atoms with Gasteiger partial charge in [0.15, 0.2) is 5.69 Å². The maximum Gasteiger partial charge on any atom is 0.300 e. The van der Waals surface area contributed by atoms with Gasteiger partial charge in [-0.3, -0.25) is 30.4 Å². The number of hydrogen-bond donors (Lipinski definition) is 3. The second-order valence-electron chi connectivity index (χ2n) is 4.70. The molecule has 0 aliphatic carbocycles. The quantitative estimate of drug-likeness (QED) is 0.308. The number of nitrogens with one attached hydrogen (secondary N) is 2. The van der Waals surface area contributed by atoms with Crippen LogP contribution in [0.1, 0.15) is 10.4 Å². The molecule has 11 nitrogen and oxygen atoms in total. The van der Waals surface area contributed by atoms with E-state index < -0.39 is 27.1 Å². The van der Waals surface area contributed by atoms with Gasteiger partial charge < -0.3 is 10.1 Å². The fourth-order valence-corrected chi connectivity index (χ4v) is 2.12. The zero-order chi connectivity index (χ0) is 18.6. The lowest BCUT2D eigenvalue weighted by Gasteiger charge is -2.12. The summed E-state index contributed by atoms with van der Waals surface area (Å²) in [5, 5.41) is 25.3. The third-order valence-corrected chi connectivity index (χ3v) is 3.25. The zero-order valence-corrected chi connectivity index (χ0v) is 12.9. The van der Waals surface area contributed by atoms with E-state index >= 15 is 0 Å². The van der Waals surface area contributed by atoms with E-state index in [-0.39, 0.29) is 16.9 Å². The number of hydrogen-bond acceptors (Lipinski definition) is 8. The maximum absolute atomic E-state index is 11.6. The largest absolute Gasteiger partial charge is 0.495 e. The smallest absolute Gasteiger partial charge is 0.300 e. The number of methoxy groups -OCH3 is 1. The number of nitrogen functional groups attached to an aromatic ring is 1. The summed E-state index contributed by atoms with van der Waals surface area (Å²) >= 11 is 0. The Kier molecular flexibility index (Phi) is 5.09. The predicted octanol–water partition coefficient (Wildman–Crippen LogP) is 1.86. The first-order valence-corrected chi connectivity index (χ1v) is 6.76. The van der Waals surface area contributed by atoms with Crippen molar-refractivity contribution < 1.29 is 19.4 Å². The number of para-hydroxylation sites is 2. The summed E-state index contributed by atoms with van der Waals surface area (Å²) in [6, 6.07) is 8.20. The topological polar surface area (TPSA) is 163 Å². The lowest BCUT2D eigenvalue weighted by molar-refractivity contribution is -0.392. The van der Waals surface area contributed by atoms with Gasteiger partial charge in [-0.25, -0.2) is 5.84 Å². The van der Waals surface area contributed by atoms with Crippen LogP contribution in [0, 0.1) is 20.2 Å². The van der Waals surface area contributed by atoms with Crippen molar-refractivity contribution in [3.05, 3.63) is 62.2 Å². The van der Waals surface area contributed by atoms with E-state index in [0.29, 0.717) is 5.75 Å². The molecule has 2 aromatic carbocycles. The number of nitro benzene ring substituents is 2.